The maximum atomic E-state index is 12.5. The van der Waals surface area contributed by atoms with Crippen LogP contribution in [0.4, 0.5) is 18.9 Å². The molecule has 3 nitrogen and oxygen atoms in total. The van der Waals surface area contributed by atoms with Gasteiger partial charge in [0.1, 0.15) is 5.69 Å². The Kier molecular flexibility index (Phi) is 5.87. The Hall–Kier alpha value is -2.31. The molecule has 1 aromatic carbocycles. The Morgan fingerprint density at radius 2 is 1.88 bits per heavy atom. The highest BCUT2D eigenvalue weighted by Crippen LogP contribution is 2.27. The van der Waals surface area contributed by atoms with Gasteiger partial charge in [-0.05, 0) is 61.5 Å². The van der Waals surface area contributed by atoms with Crippen LogP contribution < -0.4 is 4.90 Å². The van der Waals surface area contributed by atoms with Gasteiger partial charge in [-0.15, -0.1) is 0 Å². The topological polar surface area (TPSA) is 33.2 Å². The number of pyridine rings is 1. The molecule has 0 N–H and O–H groups in total. The van der Waals surface area contributed by atoms with Crippen LogP contribution in [0, 0.1) is 13.8 Å². The highest BCUT2D eigenvalue weighted by molar-refractivity contribution is 6.22. The quantitative estimate of drug-likeness (QED) is 0.770. The normalized spacial score (nSPS) is 11.4. The van der Waals surface area contributed by atoms with E-state index in [1.165, 1.54) is 12.3 Å². The molecule has 0 saturated carbocycles. The molecule has 7 heteroatoms. The number of benzene rings is 1. The Balaban J connectivity index is 2.15. The smallest absolute Gasteiger partial charge is 0.313 e. The average Bonchev–Trinajstić information content (AvgIpc) is 2.57. The fourth-order valence-electron chi connectivity index (χ4n) is 2.38. The molecular weight excluding hydrogens is 328 g/mol. The maximum absolute atomic E-state index is 12.5. The second-order valence-electron chi connectivity index (χ2n) is 5.82. The van der Waals surface area contributed by atoms with Crippen molar-refractivity contribution in [3.05, 3.63) is 58.9 Å². The number of carbonyl (C=O) groups excluding carboxylic acids is 1. The van der Waals surface area contributed by atoms with E-state index in [2.05, 4.69) is 4.98 Å². The van der Waals surface area contributed by atoms with Crippen LogP contribution in [0.1, 0.15) is 22.4 Å². The number of nitrogens with zero attached hydrogens (tertiary/aromatic N) is 2. The van der Waals surface area contributed by atoms with Crippen LogP contribution in [0.25, 0.3) is 0 Å². The van der Waals surface area contributed by atoms with Crippen LogP contribution >= 0.6 is 0 Å². The van der Waals surface area contributed by atoms with Gasteiger partial charge in [-0.25, -0.2) is 0 Å². The number of halogens is 3. The third-order valence-electron chi connectivity index (χ3n) is 4.02. The van der Waals surface area contributed by atoms with Crippen LogP contribution in [0.3, 0.4) is 0 Å². The van der Waals surface area contributed by atoms with Crippen LogP contribution in [-0.2, 0) is 17.4 Å². The molecule has 0 aliphatic rings. The van der Waals surface area contributed by atoms with E-state index in [0.29, 0.717) is 18.5 Å². The van der Waals surface area contributed by atoms with Gasteiger partial charge in [0.2, 0.25) is 5.91 Å². The fourth-order valence-corrected chi connectivity index (χ4v) is 2.38. The van der Waals surface area contributed by atoms with Gasteiger partial charge in [-0.3, -0.25) is 9.78 Å². The van der Waals surface area contributed by atoms with Crippen LogP contribution in [0.5, 0.6) is 0 Å². The number of hydrogen-bond acceptors (Lipinski definition) is 2. The number of aromatic nitrogens is 1. The van der Waals surface area contributed by atoms with Gasteiger partial charge in [0.15, 0.2) is 0 Å². The van der Waals surface area contributed by atoms with E-state index >= 15 is 0 Å². The van der Waals surface area contributed by atoms with E-state index in [1.807, 2.05) is 32.0 Å². The first-order valence-corrected chi connectivity index (χ1v) is 7.82. The van der Waals surface area contributed by atoms with Gasteiger partial charge in [0.05, 0.1) is 7.85 Å². The highest BCUT2D eigenvalue weighted by atomic mass is 19.4. The molecule has 0 saturated heterocycles. The second-order valence-corrected chi connectivity index (χ2v) is 5.82. The van der Waals surface area contributed by atoms with E-state index in [1.54, 1.807) is 4.90 Å². The van der Waals surface area contributed by atoms with Crippen LogP contribution in [0.2, 0.25) is 6.32 Å². The monoisotopic (exact) mass is 346 g/mol. The molecular formula is C18H18BF3N2O. The Morgan fingerprint density at radius 3 is 2.40 bits per heavy atom. The van der Waals surface area contributed by atoms with Crippen LogP contribution in [0.15, 0.2) is 36.5 Å². The Bertz CT molecular complexity index is 745. The van der Waals surface area contributed by atoms with Crippen LogP contribution in [-0.4, -0.2) is 25.3 Å². The van der Waals surface area contributed by atoms with Gasteiger partial charge < -0.3 is 4.90 Å². The molecule has 1 aromatic heterocycles. The Labute approximate surface area is 146 Å². The first-order chi connectivity index (χ1) is 11.7. The number of alkyl halides is 3. The van der Waals surface area contributed by atoms with Crippen molar-refractivity contribution in [2.75, 3.05) is 11.4 Å². The summed E-state index contributed by atoms with van der Waals surface area (Å²) < 4.78 is 37.6. The summed E-state index contributed by atoms with van der Waals surface area (Å²) >= 11 is 0. The maximum Gasteiger partial charge on any atom is 0.433 e. The lowest BCUT2D eigenvalue weighted by molar-refractivity contribution is -0.141. The van der Waals surface area contributed by atoms with Crippen molar-refractivity contribution in [2.24, 2.45) is 0 Å². The molecule has 130 valence electrons. The average molecular weight is 346 g/mol. The zero-order valence-corrected chi connectivity index (χ0v) is 14.1. The highest BCUT2D eigenvalue weighted by Gasteiger charge is 2.32. The molecule has 2 aromatic rings. The zero-order valence-electron chi connectivity index (χ0n) is 14.1. The van der Waals surface area contributed by atoms with Crippen molar-refractivity contribution in [2.45, 2.75) is 32.8 Å². The van der Waals surface area contributed by atoms with E-state index < -0.39 is 11.9 Å². The lowest BCUT2D eigenvalue weighted by Gasteiger charge is -2.23. The second kappa shape index (κ2) is 7.72. The van der Waals surface area contributed by atoms with Gasteiger partial charge in [-0.2, -0.15) is 13.2 Å². The minimum Gasteiger partial charge on any atom is -0.313 e. The standard InChI is InChI=1S/C18H18BF3N2O/c1-12-3-5-15(9-13(12)2)24(17(25)10-19)8-7-14-4-6-16(23-11-14)18(20,21)22/h3-6,9,11H,7-8,10H2,1-2H3. The largest absolute Gasteiger partial charge is 0.433 e. The number of aryl methyl sites for hydroxylation is 2. The first-order valence-electron chi connectivity index (χ1n) is 7.82. The number of anilines is 1. The minimum absolute atomic E-state index is 0.141. The van der Waals surface area contributed by atoms with E-state index in [-0.39, 0.29) is 12.2 Å². The number of rotatable bonds is 5. The number of carbonyl (C=O) groups is 1. The summed E-state index contributed by atoms with van der Waals surface area (Å²) in [6.07, 6.45) is -3.03. The summed E-state index contributed by atoms with van der Waals surface area (Å²) in [7, 11) is 5.49. The van der Waals surface area contributed by atoms with Crippen molar-refractivity contribution < 1.29 is 18.0 Å². The molecule has 2 radical (unpaired) electrons. The molecule has 0 unspecified atom stereocenters. The van der Waals surface area contributed by atoms with Gasteiger partial charge >= 0.3 is 6.18 Å². The molecule has 0 bridgehead atoms. The summed E-state index contributed by atoms with van der Waals surface area (Å²) in [5, 5.41) is 0. The Morgan fingerprint density at radius 1 is 1.16 bits per heavy atom. The molecule has 25 heavy (non-hydrogen) atoms. The van der Waals surface area contributed by atoms with E-state index in [9.17, 15) is 18.0 Å². The van der Waals surface area contributed by atoms with E-state index in [0.717, 1.165) is 22.9 Å². The predicted molar refractivity (Wildman–Crippen MR) is 91.8 cm³/mol. The lowest BCUT2D eigenvalue weighted by Crippen LogP contribution is -2.32. The fraction of sp³-hybridized carbons (Fsp3) is 0.333. The molecule has 0 fully saturated rings. The van der Waals surface area contributed by atoms with Gasteiger partial charge in [-0.1, -0.05) is 12.1 Å². The lowest BCUT2D eigenvalue weighted by atomic mass is 10.0. The minimum atomic E-state index is -4.46. The summed E-state index contributed by atoms with van der Waals surface area (Å²) in [4.78, 5) is 17.1. The third kappa shape index (κ3) is 4.84. The van der Waals surface area contributed by atoms with E-state index in [4.69, 9.17) is 7.85 Å². The number of hydrogen-bond donors (Lipinski definition) is 0. The predicted octanol–water partition coefficient (Wildman–Crippen LogP) is 3.88. The zero-order chi connectivity index (χ0) is 18.6. The molecule has 0 spiro atoms. The first kappa shape index (κ1) is 19.0. The SMILES string of the molecule is [B]CC(=O)N(CCc1ccc(C(F)(F)F)nc1)c1ccc(C)c(C)c1. The van der Waals surface area contributed by atoms with Crippen molar-refractivity contribution in [1.29, 1.82) is 0 Å². The van der Waals surface area contributed by atoms with Crippen molar-refractivity contribution in [3.63, 3.8) is 0 Å². The van der Waals surface area contributed by atoms with Crippen molar-refractivity contribution >= 4 is 19.4 Å². The van der Waals surface area contributed by atoms with Gasteiger partial charge in [0.25, 0.3) is 0 Å². The molecule has 2 rings (SSSR count). The van der Waals surface area contributed by atoms with Crippen molar-refractivity contribution in [1.82, 2.24) is 4.98 Å². The molecule has 0 aliphatic heterocycles. The molecule has 0 atom stereocenters. The van der Waals surface area contributed by atoms with Crippen molar-refractivity contribution in [3.8, 4) is 0 Å². The third-order valence-corrected chi connectivity index (χ3v) is 4.02. The summed E-state index contributed by atoms with van der Waals surface area (Å²) in [6.45, 7) is 4.23. The number of amides is 1. The summed E-state index contributed by atoms with van der Waals surface area (Å²) in [5.41, 5.74) is 2.56. The molecule has 0 aliphatic carbocycles. The summed E-state index contributed by atoms with van der Waals surface area (Å²) in [6, 6.07) is 7.97. The molecule has 1 heterocycles. The molecule has 1 amide bonds. The van der Waals surface area contributed by atoms with Gasteiger partial charge in [0, 0.05) is 18.4 Å². The summed E-state index contributed by atoms with van der Waals surface area (Å²) in [5.74, 6) is -0.247.